The van der Waals surface area contributed by atoms with Crippen LogP contribution in [0.2, 0.25) is 0 Å². The minimum atomic E-state index is -0.304. The molecule has 1 atom stereocenters. The molecule has 0 fully saturated rings. The number of carbonyl (C=O) groups excluding carboxylic acids is 1. The van der Waals surface area contributed by atoms with Gasteiger partial charge in [-0.25, -0.2) is 4.39 Å². The molecule has 2 nitrogen and oxygen atoms in total. The minimum Gasteiger partial charge on any atom is -0.346 e. The van der Waals surface area contributed by atoms with Crippen LogP contribution < -0.4 is 5.32 Å². The number of nitrogens with one attached hydrogen (secondary N) is 1. The Hall–Kier alpha value is -1.68. The van der Waals surface area contributed by atoms with Gasteiger partial charge >= 0.3 is 0 Å². The third-order valence-electron chi connectivity index (χ3n) is 3.00. The molecule has 2 aromatic carbocycles. The van der Waals surface area contributed by atoms with Gasteiger partial charge in [0.05, 0.1) is 6.04 Å². The molecule has 0 radical (unpaired) electrons. The van der Waals surface area contributed by atoms with Crippen molar-refractivity contribution in [3.8, 4) is 0 Å². The first kappa shape index (κ1) is 14.7. The second-order valence-electron chi connectivity index (χ2n) is 4.77. The van der Waals surface area contributed by atoms with Crippen LogP contribution in [0.25, 0.3) is 0 Å². The molecule has 4 heteroatoms. The summed E-state index contributed by atoms with van der Waals surface area (Å²) in [6.45, 7) is 3.76. The van der Waals surface area contributed by atoms with E-state index in [0.29, 0.717) is 5.56 Å². The van der Waals surface area contributed by atoms with E-state index >= 15 is 0 Å². The van der Waals surface area contributed by atoms with Gasteiger partial charge in [-0.3, -0.25) is 4.79 Å². The van der Waals surface area contributed by atoms with Gasteiger partial charge in [0.25, 0.3) is 5.91 Å². The minimum absolute atomic E-state index is 0.175. The summed E-state index contributed by atoms with van der Waals surface area (Å²) in [5.41, 5.74) is 2.33. The van der Waals surface area contributed by atoms with Crippen LogP contribution in [0.1, 0.15) is 34.5 Å². The predicted octanol–water partition coefficient (Wildman–Crippen LogP) is 4.39. The first-order valence-electron chi connectivity index (χ1n) is 6.29. The number of benzene rings is 2. The Morgan fingerprint density at radius 3 is 2.65 bits per heavy atom. The van der Waals surface area contributed by atoms with Gasteiger partial charge in [0.2, 0.25) is 0 Å². The highest BCUT2D eigenvalue weighted by Gasteiger charge is 2.12. The van der Waals surface area contributed by atoms with Gasteiger partial charge in [0.15, 0.2) is 0 Å². The van der Waals surface area contributed by atoms with E-state index in [-0.39, 0.29) is 17.8 Å². The summed E-state index contributed by atoms with van der Waals surface area (Å²) in [4.78, 5) is 12.2. The van der Waals surface area contributed by atoms with Crippen molar-refractivity contribution in [1.82, 2.24) is 5.32 Å². The van der Waals surface area contributed by atoms with Gasteiger partial charge in [0.1, 0.15) is 5.82 Å². The third kappa shape index (κ3) is 3.67. The predicted molar refractivity (Wildman–Crippen MR) is 81.2 cm³/mol. The van der Waals surface area contributed by atoms with Gasteiger partial charge in [-0.2, -0.15) is 0 Å². The molecule has 0 aromatic heterocycles. The molecular formula is C16H15BrFNO. The zero-order chi connectivity index (χ0) is 14.7. The largest absolute Gasteiger partial charge is 0.346 e. The summed E-state index contributed by atoms with van der Waals surface area (Å²) in [6, 6.07) is 11.5. The fraction of sp³-hybridized carbons (Fsp3) is 0.188. The van der Waals surface area contributed by atoms with Crippen LogP contribution in [-0.2, 0) is 0 Å². The van der Waals surface area contributed by atoms with Crippen LogP contribution in [0.3, 0.4) is 0 Å². The lowest BCUT2D eigenvalue weighted by molar-refractivity contribution is 0.0939. The molecule has 0 spiro atoms. The monoisotopic (exact) mass is 335 g/mol. The average Bonchev–Trinajstić information content (AvgIpc) is 2.37. The van der Waals surface area contributed by atoms with Gasteiger partial charge in [0, 0.05) is 10.0 Å². The number of amides is 1. The van der Waals surface area contributed by atoms with Crippen molar-refractivity contribution in [3.63, 3.8) is 0 Å². The highest BCUT2D eigenvalue weighted by molar-refractivity contribution is 9.10. The quantitative estimate of drug-likeness (QED) is 0.885. The number of rotatable bonds is 3. The molecule has 0 aliphatic rings. The SMILES string of the molecule is Cc1cc(Br)cc(C(=O)NC(C)c2cccc(F)c2)c1. The van der Waals surface area contributed by atoms with E-state index in [4.69, 9.17) is 0 Å². The Morgan fingerprint density at radius 2 is 2.00 bits per heavy atom. The Kier molecular flexibility index (Phi) is 4.55. The highest BCUT2D eigenvalue weighted by Crippen LogP contribution is 2.18. The average molecular weight is 336 g/mol. The van der Waals surface area contributed by atoms with Crippen LogP contribution >= 0.6 is 15.9 Å². The fourth-order valence-corrected chi connectivity index (χ4v) is 2.61. The van der Waals surface area contributed by atoms with Crippen LogP contribution in [0.5, 0.6) is 0 Å². The molecule has 104 valence electrons. The van der Waals surface area contributed by atoms with Crippen LogP contribution in [-0.4, -0.2) is 5.91 Å². The van der Waals surface area contributed by atoms with Crippen molar-refractivity contribution in [2.75, 3.05) is 0 Å². The van der Waals surface area contributed by atoms with Crippen molar-refractivity contribution < 1.29 is 9.18 Å². The van der Waals surface area contributed by atoms with Crippen molar-refractivity contribution in [2.24, 2.45) is 0 Å². The van der Waals surface area contributed by atoms with E-state index in [0.717, 1.165) is 15.6 Å². The fourth-order valence-electron chi connectivity index (χ4n) is 2.01. The lowest BCUT2D eigenvalue weighted by Gasteiger charge is -2.15. The second kappa shape index (κ2) is 6.18. The summed E-state index contributed by atoms with van der Waals surface area (Å²) >= 11 is 3.37. The van der Waals surface area contributed by atoms with Gasteiger partial charge < -0.3 is 5.32 Å². The van der Waals surface area contributed by atoms with Crippen LogP contribution in [0.15, 0.2) is 46.9 Å². The second-order valence-corrected chi connectivity index (χ2v) is 5.68. The van der Waals surface area contributed by atoms with E-state index in [1.165, 1.54) is 12.1 Å². The highest BCUT2D eigenvalue weighted by atomic mass is 79.9. The molecule has 2 aromatic rings. The number of halogens is 2. The van der Waals surface area contributed by atoms with Crippen LogP contribution in [0, 0.1) is 12.7 Å². The van der Waals surface area contributed by atoms with Crippen molar-refractivity contribution in [1.29, 1.82) is 0 Å². The first-order chi connectivity index (χ1) is 9.45. The molecule has 0 saturated heterocycles. The number of aryl methyl sites for hydroxylation is 1. The van der Waals surface area contributed by atoms with E-state index in [2.05, 4.69) is 21.2 Å². The summed E-state index contributed by atoms with van der Waals surface area (Å²) < 4.78 is 14.0. The maximum absolute atomic E-state index is 13.2. The third-order valence-corrected chi connectivity index (χ3v) is 3.46. The van der Waals surface area contributed by atoms with E-state index in [9.17, 15) is 9.18 Å². The summed E-state index contributed by atoms with van der Waals surface area (Å²) in [7, 11) is 0. The lowest BCUT2D eigenvalue weighted by Crippen LogP contribution is -2.26. The lowest BCUT2D eigenvalue weighted by atomic mass is 10.1. The molecular weight excluding hydrogens is 321 g/mol. The molecule has 2 rings (SSSR count). The smallest absolute Gasteiger partial charge is 0.251 e. The zero-order valence-corrected chi connectivity index (χ0v) is 12.9. The van der Waals surface area contributed by atoms with Crippen molar-refractivity contribution in [3.05, 3.63) is 69.4 Å². The molecule has 1 N–H and O–H groups in total. The topological polar surface area (TPSA) is 29.1 Å². The van der Waals surface area contributed by atoms with Gasteiger partial charge in [-0.05, 0) is 55.3 Å². The molecule has 0 aliphatic carbocycles. The maximum atomic E-state index is 13.2. The molecule has 0 aliphatic heterocycles. The van der Waals surface area contributed by atoms with Crippen LogP contribution in [0.4, 0.5) is 4.39 Å². The number of carbonyl (C=O) groups is 1. The molecule has 1 unspecified atom stereocenters. The van der Waals surface area contributed by atoms with E-state index in [1.54, 1.807) is 18.2 Å². The van der Waals surface area contributed by atoms with E-state index < -0.39 is 0 Å². The molecule has 0 saturated carbocycles. The Labute approximate surface area is 126 Å². The number of hydrogen-bond acceptors (Lipinski definition) is 1. The summed E-state index contributed by atoms with van der Waals surface area (Å²) in [5.74, 6) is -0.479. The number of hydrogen-bond donors (Lipinski definition) is 1. The zero-order valence-electron chi connectivity index (χ0n) is 11.3. The summed E-state index contributed by atoms with van der Waals surface area (Å²) in [5, 5.41) is 2.87. The summed E-state index contributed by atoms with van der Waals surface area (Å²) in [6.07, 6.45) is 0. The van der Waals surface area contributed by atoms with Gasteiger partial charge in [-0.1, -0.05) is 28.1 Å². The van der Waals surface area contributed by atoms with Gasteiger partial charge in [-0.15, -0.1) is 0 Å². The van der Waals surface area contributed by atoms with Crippen molar-refractivity contribution >= 4 is 21.8 Å². The standard InChI is InChI=1S/C16H15BrFNO/c1-10-6-13(8-14(17)7-10)16(20)19-11(2)12-4-3-5-15(18)9-12/h3-9,11H,1-2H3,(H,19,20). The maximum Gasteiger partial charge on any atom is 0.251 e. The normalized spacial score (nSPS) is 12.0. The van der Waals surface area contributed by atoms with Crippen molar-refractivity contribution in [2.45, 2.75) is 19.9 Å². The molecule has 20 heavy (non-hydrogen) atoms. The van der Waals surface area contributed by atoms with E-state index in [1.807, 2.05) is 26.0 Å². The first-order valence-corrected chi connectivity index (χ1v) is 7.08. The molecule has 1 amide bonds. The Morgan fingerprint density at radius 1 is 1.25 bits per heavy atom. The molecule has 0 bridgehead atoms. The molecule has 0 heterocycles. The Bertz CT molecular complexity index is 622. The Balaban J connectivity index is 2.15.